The molecule has 1 aromatic carbocycles. The van der Waals surface area contributed by atoms with Gasteiger partial charge < -0.3 is 0 Å². The molecule has 2 rings (SSSR count). The SMILES string of the molecule is O=NC[C@@H](c1ccc(N=O)cc1)[C@@H]1CCCCC1=O. The van der Waals surface area contributed by atoms with E-state index in [1.165, 1.54) is 0 Å². The molecule has 0 saturated heterocycles. The van der Waals surface area contributed by atoms with E-state index >= 15 is 0 Å². The fraction of sp³-hybridized carbons (Fsp3) is 0.500. The van der Waals surface area contributed by atoms with Crippen molar-refractivity contribution in [1.82, 2.24) is 0 Å². The predicted molar refractivity (Wildman–Crippen MR) is 72.3 cm³/mol. The zero-order valence-corrected chi connectivity index (χ0v) is 10.6. The summed E-state index contributed by atoms with van der Waals surface area (Å²) in [5.74, 6) is -0.0787. The van der Waals surface area contributed by atoms with Crippen LogP contribution < -0.4 is 0 Å². The molecule has 5 heteroatoms. The number of hydrogen-bond acceptors (Lipinski definition) is 5. The van der Waals surface area contributed by atoms with Crippen molar-refractivity contribution < 1.29 is 4.79 Å². The third kappa shape index (κ3) is 3.10. The van der Waals surface area contributed by atoms with E-state index in [0.29, 0.717) is 12.1 Å². The fourth-order valence-electron chi connectivity index (χ4n) is 2.76. The zero-order chi connectivity index (χ0) is 13.7. The van der Waals surface area contributed by atoms with Crippen molar-refractivity contribution in [2.24, 2.45) is 16.3 Å². The van der Waals surface area contributed by atoms with Crippen molar-refractivity contribution in [1.29, 1.82) is 0 Å². The molecular formula is C14H16N2O3. The number of Topliss-reactive ketones (excluding diaryl/α,β-unsaturated/α-hetero) is 1. The highest BCUT2D eigenvalue weighted by molar-refractivity contribution is 5.82. The Labute approximate surface area is 111 Å². The van der Waals surface area contributed by atoms with E-state index in [1.807, 2.05) is 0 Å². The number of hydrogen-bond donors (Lipinski definition) is 0. The van der Waals surface area contributed by atoms with Crippen molar-refractivity contribution in [2.45, 2.75) is 31.6 Å². The Balaban J connectivity index is 2.24. The van der Waals surface area contributed by atoms with E-state index < -0.39 is 0 Å². The highest BCUT2D eigenvalue weighted by Crippen LogP contribution is 2.34. The fourth-order valence-corrected chi connectivity index (χ4v) is 2.76. The number of carbonyl (C=O) groups excluding carboxylic acids is 1. The van der Waals surface area contributed by atoms with Gasteiger partial charge in [0.25, 0.3) is 0 Å². The van der Waals surface area contributed by atoms with Gasteiger partial charge in [-0.1, -0.05) is 23.7 Å². The third-order valence-electron chi connectivity index (χ3n) is 3.79. The molecule has 0 amide bonds. The molecule has 0 bridgehead atoms. The Morgan fingerprint density at radius 3 is 2.47 bits per heavy atom. The minimum atomic E-state index is -0.175. The smallest absolute Gasteiger partial charge is 0.136 e. The van der Waals surface area contributed by atoms with Gasteiger partial charge in [0.2, 0.25) is 0 Å². The average molecular weight is 260 g/mol. The Morgan fingerprint density at radius 2 is 1.89 bits per heavy atom. The Hall–Kier alpha value is -1.91. The van der Waals surface area contributed by atoms with Crippen LogP contribution in [-0.2, 0) is 4.79 Å². The molecule has 1 saturated carbocycles. The van der Waals surface area contributed by atoms with E-state index in [9.17, 15) is 14.6 Å². The molecule has 1 aliphatic carbocycles. The van der Waals surface area contributed by atoms with Crippen LogP contribution >= 0.6 is 0 Å². The van der Waals surface area contributed by atoms with E-state index in [1.54, 1.807) is 24.3 Å². The molecule has 100 valence electrons. The second-order valence-electron chi connectivity index (χ2n) is 4.92. The topological polar surface area (TPSA) is 75.9 Å². The van der Waals surface area contributed by atoms with Gasteiger partial charge >= 0.3 is 0 Å². The van der Waals surface area contributed by atoms with Crippen LogP contribution in [0.4, 0.5) is 5.69 Å². The molecule has 0 radical (unpaired) electrons. The van der Waals surface area contributed by atoms with Crippen LogP contribution in [0, 0.1) is 15.7 Å². The van der Waals surface area contributed by atoms with Gasteiger partial charge in [-0.15, -0.1) is 4.91 Å². The molecule has 0 unspecified atom stereocenters. The van der Waals surface area contributed by atoms with Crippen LogP contribution in [0.5, 0.6) is 0 Å². The molecule has 0 spiro atoms. The lowest BCUT2D eigenvalue weighted by Crippen LogP contribution is -2.27. The lowest BCUT2D eigenvalue weighted by molar-refractivity contribution is -0.125. The lowest BCUT2D eigenvalue weighted by Gasteiger charge is -2.27. The maximum absolute atomic E-state index is 12.0. The summed E-state index contributed by atoms with van der Waals surface area (Å²) in [6.45, 7) is 0.101. The summed E-state index contributed by atoms with van der Waals surface area (Å²) in [6.07, 6.45) is 3.35. The van der Waals surface area contributed by atoms with E-state index in [-0.39, 0.29) is 24.2 Å². The first-order chi connectivity index (χ1) is 9.26. The Morgan fingerprint density at radius 1 is 1.16 bits per heavy atom. The summed E-state index contributed by atoms with van der Waals surface area (Å²) in [7, 11) is 0. The number of rotatable bonds is 5. The van der Waals surface area contributed by atoms with Gasteiger partial charge in [-0.3, -0.25) is 4.79 Å². The highest BCUT2D eigenvalue weighted by atomic mass is 16.3. The molecule has 0 aromatic heterocycles. The zero-order valence-electron chi connectivity index (χ0n) is 10.6. The largest absolute Gasteiger partial charge is 0.299 e. The van der Waals surface area contributed by atoms with Crippen LogP contribution in [0.15, 0.2) is 34.6 Å². The Bertz CT molecular complexity index is 470. The van der Waals surface area contributed by atoms with Crippen molar-refractivity contribution in [3.05, 3.63) is 39.6 Å². The van der Waals surface area contributed by atoms with Gasteiger partial charge in [0.05, 0.1) is 6.54 Å². The number of nitroso groups, excluding NO2 is 2. The number of carbonyl (C=O) groups is 1. The van der Waals surface area contributed by atoms with E-state index in [2.05, 4.69) is 10.4 Å². The van der Waals surface area contributed by atoms with Gasteiger partial charge in [0, 0.05) is 18.3 Å². The van der Waals surface area contributed by atoms with Crippen LogP contribution in [0.25, 0.3) is 0 Å². The first-order valence-electron chi connectivity index (χ1n) is 6.51. The summed E-state index contributed by atoms with van der Waals surface area (Å²) in [6, 6.07) is 6.73. The molecule has 5 nitrogen and oxygen atoms in total. The van der Waals surface area contributed by atoms with Gasteiger partial charge in [-0.25, -0.2) is 0 Å². The highest BCUT2D eigenvalue weighted by Gasteiger charge is 2.31. The monoisotopic (exact) mass is 260 g/mol. The molecule has 19 heavy (non-hydrogen) atoms. The molecule has 1 aromatic rings. The van der Waals surface area contributed by atoms with Crippen LogP contribution in [0.3, 0.4) is 0 Å². The molecule has 0 aliphatic heterocycles. The molecular weight excluding hydrogens is 244 g/mol. The van der Waals surface area contributed by atoms with Gasteiger partial charge in [-0.2, -0.15) is 4.91 Å². The third-order valence-corrected chi connectivity index (χ3v) is 3.79. The summed E-state index contributed by atoms with van der Waals surface area (Å²) >= 11 is 0. The summed E-state index contributed by atoms with van der Waals surface area (Å²) in [5.41, 5.74) is 1.23. The second kappa shape index (κ2) is 6.31. The summed E-state index contributed by atoms with van der Waals surface area (Å²) < 4.78 is 0. The summed E-state index contributed by atoms with van der Waals surface area (Å²) in [4.78, 5) is 33.0. The molecule has 1 fully saturated rings. The maximum Gasteiger partial charge on any atom is 0.136 e. The molecule has 1 aliphatic rings. The first kappa shape index (κ1) is 13.5. The standard InChI is InChI=1S/C14H16N2O3/c17-14-4-2-1-3-12(14)13(9-15-18)10-5-7-11(16-19)8-6-10/h5-8,12-13H,1-4,9H2/t12-,13-/m0/s1. The predicted octanol–water partition coefficient (Wildman–Crippen LogP) is 3.69. The average Bonchev–Trinajstić information content (AvgIpc) is 2.46. The van der Waals surface area contributed by atoms with E-state index in [4.69, 9.17) is 0 Å². The van der Waals surface area contributed by atoms with Gasteiger partial charge in [-0.05, 0) is 35.7 Å². The quantitative estimate of drug-likeness (QED) is 0.757. The van der Waals surface area contributed by atoms with Crippen LogP contribution in [-0.4, -0.2) is 12.3 Å². The molecule has 2 atom stereocenters. The Kier molecular flexibility index (Phi) is 4.49. The summed E-state index contributed by atoms with van der Waals surface area (Å²) in [5, 5.41) is 5.82. The molecule has 0 N–H and O–H groups in total. The normalized spacial score (nSPS) is 20.8. The minimum absolute atomic E-state index is 0.101. The van der Waals surface area contributed by atoms with Crippen molar-refractivity contribution in [3.8, 4) is 0 Å². The number of ketones is 1. The second-order valence-corrected chi connectivity index (χ2v) is 4.92. The van der Waals surface area contributed by atoms with Crippen molar-refractivity contribution in [2.75, 3.05) is 6.54 Å². The van der Waals surface area contributed by atoms with Crippen molar-refractivity contribution >= 4 is 11.5 Å². The minimum Gasteiger partial charge on any atom is -0.299 e. The van der Waals surface area contributed by atoms with Crippen molar-refractivity contribution in [3.63, 3.8) is 0 Å². The number of nitrogens with zero attached hydrogens (tertiary/aromatic N) is 2. The number of benzene rings is 1. The van der Waals surface area contributed by atoms with Gasteiger partial charge in [0.1, 0.15) is 11.5 Å². The first-order valence-corrected chi connectivity index (χ1v) is 6.51. The van der Waals surface area contributed by atoms with Crippen LogP contribution in [0.2, 0.25) is 0 Å². The molecule has 0 heterocycles. The van der Waals surface area contributed by atoms with E-state index in [0.717, 1.165) is 24.8 Å². The maximum atomic E-state index is 12.0. The lowest BCUT2D eigenvalue weighted by atomic mass is 9.76. The van der Waals surface area contributed by atoms with Gasteiger partial charge in [0.15, 0.2) is 0 Å². The van der Waals surface area contributed by atoms with Crippen LogP contribution in [0.1, 0.15) is 37.2 Å².